The van der Waals surface area contributed by atoms with E-state index in [1.807, 2.05) is 22.6 Å². The van der Waals surface area contributed by atoms with Crippen LogP contribution in [-0.4, -0.2) is 24.6 Å². The topological polar surface area (TPSA) is 79.9 Å². The zero-order valence-electron chi connectivity index (χ0n) is 7.67. The van der Waals surface area contributed by atoms with E-state index in [1.165, 1.54) is 0 Å². The predicted molar refractivity (Wildman–Crippen MR) is 60.9 cm³/mol. The van der Waals surface area contributed by atoms with Crippen molar-refractivity contribution in [1.82, 2.24) is 9.97 Å². The molecule has 0 aliphatic rings. The molecule has 7 heteroatoms. The summed E-state index contributed by atoms with van der Waals surface area (Å²) in [5, 5.41) is 0. The van der Waals surface area contributed by atoms with E-state index in [0.29, 0.717) is 9.26 Å². The smallest absolute Gasteiger partial charge is 0.264 e. The summed E-state index contributed by atoms with van der Waals surface area (Å²) in [5.74, 6) is -0.0459. The fourth-order valence-corrected chi connectivity index (χ4v) is 1.84. The molecule has 0 bridgehead atoms. The number of hydrogen-bond acceptors (Lipinski definition) is 4. The van der Waals surface area contributed by atoms with Crippen molar-refractivity contribution < 1.29 is 8.42 Å². The van der Waals surface area contributed by atoms with E-state index >= 15 is 0 Å². The minimum Gasteiger partial charge on any atom is -0.309 e. The molecule has 0 fully saturated rings. The third-order valence-electron chi connectivity index (χ3n) is 1.48. The van der Waals surface area contributed by atoms with Gasteiger partial charge in [-0.1, -0.05) is 0 Å². The van der Waals surface area contributed by atoms with E-state index in [2.05, 4.69) is 9.97 Å². The molecule has 0 aromatic carbocycles. The highest BCUT2D eigenvalue weighted by Crippen LogP contribution is 2.03. The van der Waals surface area contributed by atoms with Crippen LogP contribution in [0.2, 0.25) is 0 Å². The SMILES string of the molecule is Cc1nc(CS(C)(=O)=O)[nH]c(=O)c1I. The summed E-state index contributed by atoms with van der Waals surface area (Å²) in [6.45, 7) is 1.67. The highest BCUT2D eigenvalue weighted by Gasteiger charge is 2.09. The van der Waals surface area contributed by atoms with Crippen LogP contribution in [0.3, 0.4) is 0 Å². The van der Waals surface area contributed by atoms with Gasteiger partial charge in [0, 0.05) is 6.26 Å². The van der Waals surface area contributed by atoms with Gasteiger partial charge in [0.2, 0.25) is 0 Å². The van der Waals surface area contributed by atoms with E-state index in [1.54, 1.807) is 6.92 Å². The molecule has 1 aromatic rings. The lowest BCUT2D eigenvalue weighted by molar-refractivity contribution is 0.599. The van der Waals surface area contributed by atoms with Gasteiger partial charge in [-0.2, -0.15) is 0 Å². The van der Waals surface area contributed by atoms with Crippen molar-refractivity contribution in [1.29, 1.82) is 0 Å². The molecule has 78 valence electrons. The normalized spacial score (nSPS) is 11.6. The summed E-state index contributed by atoms with van der Waals surface area (Å²) in [7, 11) is -3.16. The molecule has 14 heavy (non-hydrogen) atoms. The quantitative estimate of drug-likeness (QED) is 0.788. The van der Waals surface area contributed by atoms with E-state index < -0.39 is 9.84 Å². The Hall–Kier alpha value is -0.440. The molecular weight excluding hydrogens is 319 g/mol. The molecule has 1 N–H and O–H groups in total. The van der Waals surface area contributed by atoms with Crippen molar-refractivity contribution in [2.45, 2.75) is 12.7 Å². The number of H-pyrrole nitrogens is 1. The molecule has 1 heterocycles. The average molecular weight is 328 g/mol. The first kappa shape index (κ1) is 11.6. The molecule has 1 rings (SSSR count). The number of nitrogens with one attached hydrogen (secondary N) is 1. The van der Waals surface area contributed by atoms with Crippen LogP contribution in [0.15, 0.2) is 4.79 Å². The first-order chi connectivity index (χ1) is 6.29. The lowest BCUT2D eigenvalue weighted by Gasteiger charge is -2.01. The lowest BCUT2D eigenvalue weighted by Crippen LogP contribution is -2.18. The Morgan fingerprint density at radius 1 is 1.50 bits per heavy atom. The van der Waals surface area contributed by atoms with Crippen molar-refractivity contribution in [3.8, 4) is 0 Å². The molecule has 0 aliphatic heterocycles. The summed E-state index contributed by atoms with van der Waals surface area (Å²) in [6, 6.07) is 0. The van der Waals surface area contributed by atoms with Gasteiger partial charge in [-0.15, -0.1) is 0 Å². The second kappa shape index (κ2) is 3.97. The first-order valence-electron chi connectivity index (χ1n) is 3.72. The molecule has 0 aliphatic carbocycles. The second-order valence-corrected chi connectivity index (χ2v) is 6.20. The van der Waals surface area contributed by atoms with Crippen LogP contribution < -0.4 is 5.56 Å². The Kier molecular flexibility index (Phi) is 3.30. The molecule has 0 amide bonds. The van der Waals surface area contributed by atoms with Gasteiger partial charge >= 0.3 is 0 Å². The molecule has 0 saturated heterocycles. The number of sulfone groups is 1. The number of aromatic nitrogens is 2. The maximum atomic E-state index is 11.2. The van der Waals surface area contributed by atoms with E-state index in [4.69, 9.17) is 0 Å². The van der Waals surface area contributed by atoms with Gasteiger partial charge in [-0.3, -0.25) is 4.79 Å². The zero-order chi connectivity index (χ0) is 10.9. The Labute approximate surface area is 95.0 Å². The van der Waals surface area contributed by atoms with Crippen molar-refractivity contribution in [3.05, 3.63) is 25.4 Å². The van der Waals surface area contributed by atoms with Gasteiger partial charge in [0.05, 0.1) is 9.26 Å². The molecule has 0 unspecified atom stereocenters. The molecule has 0 radical (unpaired) electrons. The number of halogens is 1. The molecule has 0 atom stereocenters. The van der Waals surface area contributed by atoms with Crippen molar-refractivity contribution in [3.63, 3.8) is 0 Å². The van der Waals surface area contributed by atoms with Crippen LogP contribution in [0.25, 0.3) is 0 Å². The van der Waals surface area contributed by atoms with Crippen LogP contribution in [0.1, 0.15) is 11.5 Å². The van der Waals surface area contributed by atoms with Gasteiger partial charge < -0.3 is 4.98 Å². The third kappa shape index (κ3) is 3.05. The molecule has 0 saturated carbocycles. The minimum absolute atomic E-state index is 0.190. The largest absolute Gasteiger partial charge is 0.309 e. The van der Waals surface area contributed by atoms with Crippen LogP contribution in [0.4, 0.5) is 0 Å². The van der Waals surface area contributed by atoms with Crippen molar-refractivity contribution in [2.24, 2.45) is 0 Å². The third-order valence-corrected chi connectivity index (χ3v) is 3.54. The number of nitrogens with zero attached hydrogens (tertiary/aromatic N) is 1. The van der Waals surface area contributed by atoms with Gasteiger partial charge in [0.1, 0.15) is 11.6 Å². The summed E-state index contributed by atoms with van der Waals surface area (Å²) < 4.78 is 22.4. The Balaban J connectivity index is 3.21. The Morgan fingerprint density at radius 3 is 2.50 bits per heavy atom. The summed E-state index contributed by atoms with van der Waals surface area (Å²) >= 11 is 1.87. The van der Waals surface area contributed by atoms with Crippen LogP contribution >= 0.6 is 22.6 Å². The van der Waals surface area contributed by atoms with Gasteiger partial charge in [-0.05, 0) is 29.5 Å². The number of aromatic amines is 1. The molecular formula is C7H9IN2O3S. The summed E-state index contributed by atoms with van der Waals surface area (Å²) in [6.07, 6.45) is 1.10. The lowest BCUT2D eigenvalue weighted by atomic mass is 10.4. The number of aryl methyl sites for hydroxylation is 1. The molecule has 5 nitrogen and oxygen atoms in total. The molecule has 1 aromatic heterocycles. The Morgan fingerprint density at radius 2 is 2.07 bits per heavy atom. The molecule has 0 spiro atoms. The average Bonchev–Trinajstić information content (AvgIpc) is 1.96. The van der Waals surface area contributed by atoms with Crippen LogP contribution in [-0.2, 0) is 15.6 Å². The highest BCUT2D eigenvalue weighted by atomic mass is 127. The standard InChI is InChI=1S/C7H9IN2O3S/c1-4-6(8)7(11)10-5(9-4)3-14(2,12)13/h3H2,1-2H3,(H,9,10,11). The first-order valence-corrected chi connectivity index (χ1v) is 6.86. The highest BCUT2D eigenvalue weighted by molar-refractivity contribution is 14.1. The monoisotopic (exact) mass is 328 g/mol. The predicted octanol–water partition coefficient (Wildman–Crippen LogP) is 0.228. The van der Waals surface area contributed by atoms with E-state index in [0.717, 1.165) is 6.26 Å². The fourth-order valence-electron chi connectivity index (χ4n) is 0.946. The second-order valence-electron chi connectivity index (χ2n) is 2.98. The van der Waals surface area contributed by atoms with Gasteiger partial charge in [0.15, 0.2) is 9.84 Å². The van der Waals surface area contributed by atoms with Crippen LogP contribution in [0.5, 0.6) is 0 Å². The summed E-state index contributed by atoms with van der Waals surface area (Å²) in [4.78, 5) is 17.6. The maximum Gasteiger partial charge on any atom is 0.264 e. The van der Waals surface area contributed by atoms with Crippen LogP contribution in [0, 0.1) is 10.5 Å². The summed E-state index contributed by atoms with van der Waals surface area (Å²) in [5.41, 5.74) is 0.254. The number of rotatable bonds is 2. The fraction of sp³-hybridized carbons (Fsp3) is 0.429. The zero-order valence-corrected chi connectivity index (χ0v) is 10.6. The van der Waals surface area contributed by atoms with Gasteiger partial charge in [0.25, 0.3) is 5.56 Å². The maximum absolute atomic E-state index is 11.2. The Bertz CT molecular complexity index is 506. The van der Waals surface area contributed by atoms with E-state index in [9.17, 15) is 13.2 Å². The van der Waals surface area contributed by atoms with Crippen molar-refractivity contribution >= 4 is 32.4 Å². The van der Waals surface area contributed by atoms with E-state index in [-0.39, 0.29) is 17.1 Å². The number of hydrogen-bond donors (Lipinski definition) is 1. The van der Waals surface area contributed by atoms with Gasteiger partial charge in [-0.25, -0.2) is 13.4 Å². The minimum atomic E-state index is -3.16. The van der Waals surface area contributed by atoms with Crippen molar-refractivity contribution in [2.75, 3.05) is 6.26 Å².